The first-order valence-electron chi connectivity index (χ1n) is 9.41. The molecular formula is C20H24FN3O2S. The van der Waals surface area contributed by atoms with Gasteiger partial charge in [0.2, 0.25) is 0 Å². The molecule has 1 aromatic heterocycles. The summed E-state index contributed by atoms with van der Waals surface area (Å²) < 4.78 is 19.2. The number of carbonyl (C=O) groups excluding carboxylic acids is 1. The summed E-state index contributed by atoms with van der Waals surface area (Å²) in [7, 11) is 0. The number of ether oxygens (including phenoxy) is 1. The number of amides is 2. The van der Waals surface area contributed by atoms with Gasteiger partial charge in [-0.3, -0.25) is 0 Å². The molecule has 2 saturated heterocycles. The number of thiophene rings is 1. The summed E-state index contributed by atoms with van der Waals surface area (Å²) in [6, 6.07) is 6.60. The maximum atomic E-state index is 13.8. The molecule has 2 aromatic rings. The molecule has 1 N–H and O–H groups in total. The number of halogens is 1. The summed E-state index contributed by atoms with van der Waals surface area (Å²) in [6.45, 7) is 4.08. The molecule has 0 saturated carbocycles. The number of rotatable bonds is 3. The Morgan fingerprint density at radius 1 is 1.15 bits per heavy atom. The lowest BCUT2D eigenvalue weighted by Crippen LogP contribution is -2.41. The van der Waals surface area contributed by atoms with Crippen LogP contribution in [-0.4, -0.2) is 50.3 Å². The van der Waals surface area contributed by atoms with Gasteiger partial charge in [-0.2, -0.15) is 11.3 Å². The standard InChI is InChI=1S/C20H24FN3O2S/c21-17-1-2-18(19(13-17)23-8-10-26-11-9-23)22-20(25)24-6-3-15(4-7-24)16-5-12-27-14-16/h1-2,5,12-15H,3-4,6-11H2,(H,22,25). The number of likely N-dealkylation sites (tertiary alicyclic amines) is 1. The quantitative estimate of drug-likeness (QED) is 0.858. The Labute approximate surface area is 162 Å². The van der Waals surface area contributed by atoms with Crippen molar-refractivity contribution in [2.75, 3.05) is 49.6 Å². The molecule has 2 amide bonds. The fourth-order valence-corrected chi connectivity index (χ4v) is 4.54. The summed E-state index contributed by atoms with van der Waals surface area (Å²) in [5, 5.41) is 7.30. The summed E-state index contributed by atoms with van der Waals surface area (Å²) in [5.74, 6) is 0.237. The number of nitrogens with one attached hydrogen (secondary N) is 1. The van der Waals surface area contributed by atoms with Crippen LogP contribution in [0.15, 0.2) is 35.0 Å². The zero-order chi connectivity index (χ0) is 18.6. The summed E-state index contributed by atoms with van der Waals surface area (Å²) >= 11 is 1.72. The van der Waals surface area contributed by atoms with Gasteiger partial charge < -0.3 is 19.9 Å². The van der Waals surface area contributed by atoms with E-state index in [1.54, 1.807) is 17.4 Å². The molecule has 5 nitrogen and oxygen atoms in total. The van der Waals surface area contributed by atoms with Crippen molar-refractivity contribution in [3.8, 4) is 0 Å². The SMILES string of the molecule is O=C(Nc1ccc(F)cc1N1CCOCC1)N1CCC(c2ccsc2)CC1. The Hall–Kier alpha value is -2.12. The molecule has 0 unspecified atom stereocenters. The van der Waals surface area contributed by atoms with Gasteiger partial charge >= 0.3 is 6.03 Å². The number of morpholine rings is 1. The molecule has 27 heavy (non-hydrogen) atoms. The van der Waals surface area contributed by atoms with Gasteiger partial charge in [0, 0.05) is 26.2 Å². The van der Waals surface area contributed by atoms with E-state index in [0.29, 0.717) is 37.9 Å². The Bertz CT molecular complexity index is 770. The van der Waals surface area contributed by atoms with Crippen LogP contribution >= 0.6 is 11.3 Å². The average Bonchev–Trinajstić information content (AvgIpc) is 3.25. The van der Waals surface area contributed by atoms with Crippen molar-refractivity contribution in [3.05, 3.63) is 46.4 Å². The van der Waals surface area contributed by atoms with Crippen LogP contribution in [0.5, 0.6) is 0 Å². The molecule has 0 atom stereocenters. The number of hydrogen-bond donors (Lipinski definition) is 1. The van der Waals surface area contributed by atoms with E-state index in [1.807, 2.05) is 4.90 Å². The third-order valence-electron chi connectivity index (χ3n) is 5.35. The minimum atomic E-state index is -0.300. The Kier molecular flexibility index (Phi) is 5.59. The Balaban J connectivity index is 1.41. The van der Waals surface area contributed by atoms with E-state index in [0.717, 1.165) is 31.6 Å². The van der Waals surface area contributed by atoms with E-state index in [2.05, 4.69) is 27.0 Å². The molecule has 0 bridgehead atoms. The second-order valence-corrected chi connectivity index (χ2v) is 7.79. The van der Waals surface area contributed by atoms with Crippen LogP contribution < -0.4 is 10.2 Å². The molecule has 1 aromatic carbocycles. The first-order chi connectivity index (χ1) is 13.2. The minimum absolute atomic E-state index is 0.111. The first kappa shape index (κ1) is 18.3. The van der Waals surface area contributed by atoms with Crippen LogP contribution in [0.2, 0.25) is 0 Å². The van der Waals surface area contributed by atoms with Crippen molar-refractivity contribution < 1.29 is 13.9 Å². The summed E-state index contributed by atoms with van der Waals surface area (Å²) in [6.07, 6.45) is 1.95. The highest BCUT2D eigenvalue weighted by Gasteiger charge is 2.25. The second-order valence-electron chi connectivity index (χ2n) is 7.01. The van der Waals surface area contributed by atoms with Crippen molar-refractivity contribution in [1.82, 2.24) is 4.90 Å². The number of hydrogen-bond acceptors (Lipinski definition) is 4. The third-order valence-corrected chi connectivity index (χ3v) is 6.05. The van der Waals surface area contributed by atoms with Gasteiger partial charge in [0.15, 0.2) is 0 Å². The van der Waals surface area contributed by atoms with Crippen LogP contribution in [0.4, 0.5) is 20.6 Å². The van der Waals surface area contributed by atoms with Crippen LogP contribution in [0.1, 0.15) is 24.3 Å². The zero-order valence-corrected chi connectivity index (χ0v) is 16.0. The lowest BCUT2D eigenvalue weighted by Gasteiger charge is -2.33. The lowest BCUT2D eigenvalue weighted by molar-refractivity contribution is 0.122. The van der Waals surface area contributed by atoms with Crippen LogP contribution in [-0.2, 0) is 4.74 Å². The maximum absolute atomic E-state index is 13.8. The number of anilines is 2. The van der Waals surface area contributed by atoms with Crippen molar-refractivity contribution in [3.63, 3.8) is 0 Å². The third kappa shape index (κ3) is 4.25. The lowest BCUT2D eigenvalue weighted by atomic mass is 9.91. The minimum Gasteiger partial charge on any atom is -0.378 e. The summed E-state index contributed by atoms with van der Waals surface area (Å²) in [4.78, 5) is 16.7. The smallest absolute Gasteiger partial charge is 0.321 e. The molecule has 0 spiro atoms. The topological polar surface area (TPSA) is 44.8 Å². The highest BCUT2D eigenvalue weighted by Crippen LogP contribution is 2.31. The molecular weight excluding hydrogens is 365 g/mol. The van der Waals surface area contributed by atoms with Crippen LogP contribution in [0.25, 0.3) is 0 Å². The van der Waals surface area contributed by atoms with E-state index < -0.39 is 0 Å². The van der Waals surface area contributed by atoms with Gasteiger partial charge in [-0.05, 0) is 59.3 Å². The van der Waals surface area contributed by atoms with Gasteiger partial charge in [0.1, 0.15) is 5.82 Å². The number of urea groups is 1. The van der Waals surface area contributed by atoms with Crippen LogP contribution in [0.3, 0.4) is 0 Å². The van der Waals surface area contributed by atoms with Crippen molar-refractivity contribution >= 4 is 28.7 Å². The van der Waals surface area contributed by atoms with E-state index in [9.17, 15) is 9.18 Å². The maximum Gasteiger partial charge on any atom is 0.321 e. The molecule has 144 valence electrons. The molecule has 0 radical (unpaired) electrons. The Morgan fingerprint density at radius 2 is 1.93 bits per heavy atom. The Morgan fingerprint density at radius 3 is 2.63 bits per heavy atom. The molecule has 3 heterocycles. The number of piperidine rings is 1. The van der Waals surface area contributed by atoms with Crippen molar-refractivity contribution in [1.29, 1.82) is 0 Å². The van der Waals surface area contributed by atoms with E-state index in [1.165, 1.54) is 17.7 Å². The fraction of sp³-hybridized carbons (Fsp3) is 0.450. The fourth-order valence-electron chi connectivity index (χ4n) is 3.79. The average molecular weight is 389 g/mol. The molecule has 4 rings (SSSR count). The highest BCUT2D eigenvalue weighted by atomic mass is 32.1. The zero-order valence-electron chi connectivity index (χ0n) is 15.2. The summed E-state index contributed by atoms with van der Waals surface area (Å²) in [5.41, 5.74) is 2.76. The van der Waals surface area contributed by atoms with Gasteiger partial charge in [-0.25, -0.2) is 9.18 Å². The van der Waals surface area contributed by atoms with E-state index in [4.69, 9.17) is 4.74 Å². The largest absolute Gasteiger partial charge is 0.378 e. The van der Waals surface area contributed by atoms with Gasteiger partial charge in [-0.15, -0.1) is 0 Å². The van der Waals surface area contributed by atoms with Crippen LogP contribution in [0, 0.1) is 5.82 Å². The molecule has 0 aliphatic carbocycles. The van der Waals surface area contributed by atoms with E-state index in [-0.39, 0.29) is 11.8 Å². The molecule has 2 aliphatic heterocycles. The van der Waals surface area contributed by atoms with Crippen molar-refractivity contribution in [2.24, 2.45) is 0 Å². The molecule has 7 heteroatoms. The second kappa shape index (κ2) is 8.27. The molecule has 2 fully saturated rings. The predicted octanol–water partition coefficient (Wildman–Crippen LogP) is 4.14. The van der Waals surface area contributed by atoms with Crippen molar-refractivity contribution in [2.45, 2.75) is 18.8 Å². The monoisotopic (exact) mass is 389 g/mol. The number of nitrogens with zero attached hydrogens (tertiary/aromatic N) is 2. The van der Waals surface area contributed by atoms with E-state index >= 15 is 0 Å². The number of benzene rings is 1. The predicted molar refractivity (Wildman–Crippen MR) is 106 cm³/mol. The highest BCUT2D eigenvalue weighted by molar-refractivity contribution is 7.07. The first-order valence-corrected chi connectivity index (χ1v) is 10.4. The van der Waals surface area contributed by atoms with Gasteiger partial charge in [-0.1, -0.05) is 0 Å². The normalized spacial score (nSPS) is 18.6. The molecule has 2 aliphatic rings. The van der Waals surface area contributed by atoms with Gasteiger partial charge in [0.05, 0.1) is 24.6 Å². The number of carbonyl (C=O) groups is 1. The van der Waals surface area contributed by atoms with Gasteiger partial charge in [0.25, 0.3) is 0 Å².